The molecule has 4 aromatic rings. The van der Waals surface area contributed by atoms with E-state index in [-0.39, 0.29) is 13.0 Å². The van der Waals surface area contributed by atoms with Gasteiger partial charge in [0.1, 0.15) is 16.5 Å². The van der Waals surface area contributed by atoms with Crippen LogP contribution in [0.1, 0.15) is 24.0 Å². The molecule has 0 N–H and O–H groups in total. The van der Waals surface area contributed by atoms with Crippen molar-refractivity contribution in [3.05, 3.63) is 77.9 Å². The third kappa shape index (κ3) is 6.35. The molecule has 170 valence electrons. The van der Waals surface area contributed by atoms with Crippen molar-refractivity contribution in [2.24, 2.45) is 0 Å². The summed E-state index contributed by atoms with van der Waals surface area (Å²) >= 11 is 1.63. The first kappa shape index (κ1) is 22.9. The van der Waals surface area contributed by atoms with Gasteiger partial charge in [0.05, 0.1) is 23.9 Å². The Hall–Kier alpha value is -3.32. The summed E-state index contributed by atoms with van der Waals surface area (Å²) < 4.78 is 48.2. The Morgan fingerprint density at radius 2 is 1.52 bits per heavy atom. The molecule has 0 unspecified atom stereocenters. The second-order valence-corrected chi connectivity index (χ2v) is 8.47. The van der Waals surface area contributed by atoms with Crippen LogP contribution < -0.4 is 9.47 Å². The Labute approximate surface area is 194 Å². The zero-order valence-corrected chi connectivity index (χ0v) is 18.7. The molecule has 0 aliphatic rings. The van der Waals surface area contributed by atoms with E-state index in [4.69, 9.17) is 14.5 Å². The lowest BCUT2D eigenvalue weighted by atomic mass is 10.1. The molecular formula is C26H22F3NO2S. The summed E-state index contributed by atoms with van der Waals surface area (Å²) in [5.74, 6) is 1.38. The van der Waals surface area contributed by atoms with Gasteiger partial charge in [-0.25, -0.2) is 4.98 Å². The number of nitrogens with zero attached hydrogens (tertiary/aromatic N) is 1. The zero-order valence-electron chi connectivity index (χ0n) is 17.9. The molecule has 0 aliphatic heterocycles. The summed E-state index contributed by atoms with van der Waals surface area (Å²) in [4.78, 5) is 4.71. The van der Waals surface area contributed by atoms with E-state index in [1.165, 1.54) is 0 Å². The number of hydrogen-bond donors (Lipinski definition) is 0. The minimum atomic E-state index is -4.14. The minimum Gasteiger partial charge on any atom is -0.497 e. The second kappa shape index (κ2) is 10.1. The van der Waals surface area contributed by atoms with Gasteiger partial charge in [-0.15, -0.1) is 11.3 Å². The van der Waals surface area contributed by atoms with E-state index in [1.54, 1.807) is 30.6 Å². The third-order valence-electron chi connectivity index (χ3n) is 4.97. The Morgan fingerprint density at radius 1 is 0.879 bits per heavy atom. The quantitative estimate of drug-likeness (QED) is 0.194. The van der Waals surface area contributed by atoms with Crippen LogP contribution in [0, 0.1) is 0 Å². The lowest BCUT2D eigenvalue weighted by molar-refractivity contribution is -0.136. The first-order valence-corrected chi connectivity index (χ1v) is 11.2. The molecule has 4 rings (SSSR count). The molecule has 0 bridgehead atoms. The Morgan fingerprint density at radius 3 is 2.15 bits per heavy atom. The number of rotatable bonds is 8. The van der Waals surface area contributed by atoms with E-state index in [1.807, 2.05) is 66.7 Å². The number of halogens is 3. The molecule has 7 heteroatoms. The van der Waals surface area contributed by atoms with Gasteiger partial charge in [0.2, 0.25) is 0 Å². The maximum absolute atomic E-state index is 12.2. The monoisotopic (exact) mass is 469 g/mol. The molecule has 0 spiro atoms. The Balaban J connectivity index is 1.35. The highest BCUT2D eigenvalue weighted by molar-refractivity contribution is 7.21. The van der Waals surface area contributed by atoms with Gasteiger partial charge in [-0.2, -0.15) is 13.2 Å². The molecule has 0 fully saturated rings. The van der Waals surface area contributed by atoms with Gasteiger partial charge in [-0.05, 0) is 47.9 Å². The molecule has 33 heavy (non-hydrogen) atoms. The van der Waals surface area contributed by atoms with Crippen LogP contribution in [0.3, 0.4) is 0 Å². The van der Waals surface area contributed by atoms with Gasteiger partial charge in [-0.3, -0.25) is 0 Å². The van der Waals surface area contributed by atoms with E-state index < -0.39 is 12.6 Å². The number of alkyl halides is 3. The van der Waals surface area contributed by atoms with Crippen LogP contribution in [-0.4, -0.2) is 24.9 Å². The lowest BCUT2D eigenvalue weighted by Crippen LogP contribution is -2.09. The molecule has 0 radical (unpaired) electrons. The minimum absolute atomic E-state index is 0.0449. The van der Waals surface area contributed by atoms with E-state index in [0.29, 0.717) is 5.75 Å². The van der Waals surface area contributed by atoms with Crippen LogP contribution in [0.25, 0.3) is 32.9 Å². The average Bonchev–Trinajstić information content (AvgIpc) is 3.24. The second-order valence-electron chi connectivity index (χ2n) is 7.44. The van der Waals surface area contributed by atoms with Crippen LogP contribution in [0.2, 0.25) is 0 Å². The summed E-state index contributed by atoms with van der Waals surface area (Å²) in [7, 11) is 1.65. The highest BCUT2D eigenvalue weighted by Gasteiger charge is 2.26. The van der Waals surface area contributed by atoms with Crippen molar-refractivity contribution in [1.29, 1.82) is 0 Å². The van der Waals surface area contributed by atoms with Crippen molar-refractivity contribution in [3.63, 3.8) is 0 Å². The normalized spacial score (nSPS) is 11.9. The van der Waals surface area contributed by atoms with Gasteiger partial charge in [0.15, 0.2) is 0 Å². The Bertz CT molecular complexity index is 1230. The molecule has 0 amide bonds. The van der Waals surface area contributed by atoms with Crippen molar-refractivity contribution in [2.75, 3.05) is 13.7 Å². The topological polar surface area (TPSA) is 31.4 Å². The molecule has 3 aromatic carbocycles. The number of aromatic nitrogens is 1. The van der Waals surface area contributed by atoms with Crippen molar-refractivity contribution in [1.82, 2.24) is 4.98 Å². The molecular weight excluding hydrogens is 447 g/mol. The highest BCUT2D eigenvalue weighted by atomic mass is 32.1. The number of thiazole rings is 1. The maximum Gasteiger partial charge on any atom is 0.389 e. The molecule has 3 nitrogen and oxygen atoms in total. The summed E-state index contributed by atoms with van der Waals surface area (Å²) in [5, 5.41) is 0.958. The number of fused-ring (bicyclic) bond motifs is 1. The fourth-order valence-corrected chi connectivity index (χ4v) is 4.22. The predicted molar refractivity (Wildman–Crippen MR) is 128 cm³/mol. The van der Waals surface area contributed by atoms with Crippen LogP contribution in [-0.2, 0) is 0 Å². The number of benzene rings is 3. The van der Waals surface area contributed by atoms with Gasteiger partial charge >= 0.3 is 6.18 Å². The summed E-state index contributed by atoms with van der Waals surface area (Å²) in [6.45, 7) is 0.0449. The fourth-order valence-electron chi connectivity index (χ4n) is 3.22. The zero-order chi connectivity index (χ0) is 23.3. The van der Waals surface area contributed by atoms with E-state index in [0.717, 1.165) is 37.7 Å². The summed E-state index contributed by atoms with van der Waals surface area (Å²) in [6.07, 6.45) is -1.04. The molecule has 0 aliphatic carbocycles. The molecule has 0 atom stereocenters. The van der Waals surface area contributed by atoms with Crippen molar-refractivity contribution in [3.8, 4) is 22.1 Å². The first-order chi connectivity index (χ1) is 15.9. The first-order valence-electron chi connectivity index (χ1n) is 10.4. The maximum atomic E-state index is 12.2. The van der Waals surface area contributed by atoms with Crippen molar-refractivity contribution < 1.29 is 22.6 Å². The van der Waals surface area contributed by atoms with Crippen LogP contribution in [0.5, 0.6) is 11.5 Å². The van der Waals surface area contributed by atoms with Gasteiger partial charge in [0.25, 0.3) is 0 Å². The smallest absolute Gasteiger partial charge is 0.389 e. The van der Waals surface area contributed by atoms with Crippen LogP contribution >= 0.6 is 11.3 Å². The summed E-state index contributed by atoms with van der Waals surface area (Å²) in [6, 6.07) is 21.3. The molecule has 0 saturated carbocycles. The van der Waals surface area contributed by atoms with E-state index in [2.05, 4.69) is 0 Å². The summed E-state index contributed by atoms with van der Waals surface area (Å²) in [5.41, 5.74) is 4.03. The largest absolute Gasteiger partial charge is 0.497 e. The highest BCUT2D eigenvalue weighted by Crippen LogP contribution is 2.32. The molecule has 1 aromatic heterocycles. The lowest BCUT2D eigenvalue weighted by Gasteiger charge is -2.08. The number of ether oxygens (including phenoxy) is 2. The molecule has 0 saturated heterocycles. The fraction of sp³-hybridized carbons (Fsp3) is 0.192. The third-order valence-corrected chi connectivity index (χ3v) is 6.04. The van der Waals surface area contributed by atoms with E-state index >= 15 is 0 Å². The van der Waals surface area contributed by atoms with E-state index in [9.17, 15) is 13.2 Å². The van der Waals surface area contributed by atoms with Gasteiger partial charge < -0.3 is 9.47 Å². The Kier molecular flexibility index (Phi) is 6.99. The average molecular weight is 470 g/mol. The van der Waals surface area contributed by atoms with Gasteiger partial charge in [-0.1, -0.05) is 48.6 Å². The number of methoxy groups -OCH3 is 1. The van der Waals surface area contributed by atoms with Gasteiger partial charge in [0, 0.05) is 12.0 Å². The molecule has 1 heterocycles. The van der Waals surface area contributed by atoms with Crippen LogP contribution in [0.4, 0.5) is 13.2 Å². The number of hydrogen-bond acceptors (Lipinski definition) is 4. The van der Waals surface area contributed by atoms with Crippen molar-refractivity contribution in [2.45, 2.75) is 19.0 Å². The standard InChI is InChI=1S/C26H22F3NO2S/c1-31-22-13-14-23-24(17-22)33-25(30-23)20-9-5-18(6-10-20)3-4-19-7-11-21(12-8-19)32-16-2-15-26(27,28)29/h3-14,17H,2,15-16H2,1H3/b4-3+. The predicted octanol–water partition coefficient (Wildman–Crippen LogP) is 7.86. The SMILES string of the molecule is COc1ccc2nc(-c3ccc(/C=C/c4ccc(OCCCC(F)(F)F)cc4)cc3)sc2c1. The van der Waals surface area contributed by atoms with Crippen LogP contribution in [0.15, 0.2) is 66.7 Å². The van der Waals surface area contributed by atoms with Crippen molar-refractivity contribution >= 4 is 33.7 Å².